The van der Waals surface area contributed by atoms with Gasteiger partial charge in [0.2, 0.25) is 0 Å². The first-order chi connectivity index (χ1) is 7.48. The molecule has 0 bridgehead atoms. The fraction of sp³-hybridized carbons (Fsp3) is 0.364. The van der Waals surface area contributed by atoms with Crippen molar-refractivity contribution < 1.29 is 4.79 Å². The number of nitrogens with zero attached hydrogens (tertiary/aromatic N) is 2. The zero-order valence-corrected chi connectivity index (χ0v) is 9.53. The minimum atomic E-state index is -0.497. The van der Waals surface area contributed by atoms with Crippen molar-refractivity contribution >= 4 is 11.7 Å². The molecular formula is C11H14N4O. The Bertz CT molecular complexity index is 417. The van der Waals surface area contributed by atoms with Crippen LogP contribution >= 0.6 is 0 Å². The Kier molecular flexibility index (Phi) is 3.46. The smallest absolute Gasteiger partial charge is 0.271 e. The SMILES string of the molecule is C#CC(C)(C)Nc1ccc(C(=O)NC)nn1. The molecule has 1 amide bonds. The Morgan fingerprint density at radius 1 is 1.44 bits per heavy atom. The minimum absolute atomic E-state index is 0.268. The van der Waals surface area contributed by atoms with Gasteiger partial charge in [-0.05, 0) is 26.0 Å². The quantitative estimate of drug-likeness (QED) is 0.731. The molecule has 0 aliphatic rings. The van der Waals surface area contributed by atoms with Crippen LogP contribution in [0.3, 0.4) is 0 Å². The topological polar surface area (TPSA) is 66.9 Å². The molecule has 0 spiro atoms. The van der Waals surface area contributed by atoms with E-state index in [-0.39, 0.29) is 11.6 Å². The Morgan fingerprint density at radius 2 is 2.12 bits per heavy atom. The average molecular weight is 218 g/mol. The predicted octanol–water partition coefficient (Wildman–Crippen LogP) is 0.660. The molecule has 0 saturated carbocycles. The molecule has 0 unspecified atom stereocenters. The van der Waals surface area contributed by atoms with Gasteiger partial charge in [-0.2, -0.15) is 0 Å². The lowest BCUT2D eigenvalue weighted by atomic mass is 10.1. The number of aromatic nitrogens is 2. The van der Waals surface area contributed by atoms with E-state index in [4.69, 9.17) is 6.42 Å². The summed E-state index contributed by atoms with van der Waals surface area (Å²) in [6, 6.07) is 3.25. The van der Waals surface area contributed by atoms with E-state index in [2.05, 4.69) is 26.8 Å². The number of carbonyl (C=O) groups is 1. The molecule has 1 aromatic rings. The maximum atomic E-state index is 11.2. The van der Waals surface area contributed by atoms with Gasteiger partial charge in [0, 0.05) is 7.05 Å². The van der Waals surface area contributed by atoms with Crippen molar-refractivity contribution in [3.05, 3.63) is 17.8 Å². The summed E-state index contributed by atoms with van der Waals surface area (Å²) in [7, 11) is 1.54. The van der Waals surface area contributed by atoms with Crippen molar-refractivity contribution in [2.24, 2.45) is 0 Å². The molecule has 84 valence electrons. The molecule has 2 N–H and O–H groups in total. The van der Waals surface area contributed by atoms with Crippen molar-refractivity contribution in [3.63, 3.8) is 0 Å². The van der Waals surface area contributed by atoms with Crippen molar-refractivity contribution in [2.45, 2.75) is 19.4 Å². The van der Waals surface area contributed by atoms with Gasteiger partial charge in [0.05, 0.1) is 5.54 Å². The standard InChI is InChI=1S/C11H14N4O/c1-5-11(2,3)13-9-7-6-8(14-15-9)10(16)12-4/h1,6-7H,2-4H3,(H,12,16)(H,13,15). The number of rotatable bonds is 3. The van der Waals surface area contributed by atoms with E-state index in [0.29, 0.717) is 5.82 Å². The number of amides is 1. The van der Waals surface area contributed by atoms with Crippen LogP contribution in [0.4, 0.5) is 5.82 Å². The van der Waals surface area contributed by atoms with Crippen LogP contribution in [0.1, 0.15) is 24.3 Å². The first kappa shape index (κ1) is 12.0. The van der Waals surface area contributed by atoms with E-state index in [1.165, 1.54) is 7.05 Å². The first-order valence-corrected chi connectivity index (χ1v) is 4.80. The molecule has 5 nitrogen and oxygen atoms in total. The number of hydrogen-bond donors (Lipinski definition) is 2. The monoisotopic (exact) mass is 218 g/mol. The van der Waals surface area contributed by atoms with Crippen molar-refractivity contribution in [1.29, 1.82) is 0 Å². The first-order valence-electron chi connectivity index (χ1n) is 4.80. The third-order valence-corrected chi connectivity index (χ3v) is 1.93. The van der Waals surface area contributed by atoms with Crippen molar-refractivity contribution in [3.8, 4) is 12.3 Å². The van der Waals surface area contributed by atoms with E-state index < -0.39 is 5.54 Å². The maximum Gasteiger partial charge on any atom is 0.271 e. The number of anilines is 1. The summed E-state index contributed by atoms with van der Waals surface area (Å²) in [5, 5.41) is 13.1. The summed E-state index contributed by atoms with van der Waals surface area (Å²) < 4.78 is 0. The van der Waals surface area contributed by atoms with Gasteiger partial charge in [0.1, 0.15) is 5.82 Å². The van der Waals surface area contributed by atoms with Crippen molar-refractivity contribution in [1.82, 2.24) is 15.5 Å². The molecule has 16 heavy (non-hydrogen) atoms. The Labute approximate surface area is 94.7 Å². The van der Waals surface area contributed by atoms with E-state index in [9.17, 15) is 4.79 Å². The molecule has 1 heterocycles. The van der Waals surface area contributed by atoms with E-state index in [1.54, 1.807) is 12.1 Å². The molecular weight excluding hydrogens is 204 g/mol. The summed E-state index contributed by atoms with van der Waals surface area (Å²) in [6.07, 6.45) is 5.33. The summed E-state index contributed by atoms with van der Waals surface area (Å²) in [6.45, 7) is 3.70. The van der Waals surface area contributed by atoms with Gasteiger partial charge >= 0.3 is 0 Å². The number of carbonyl (C=O) groups excluding carboxylic acids is 1. The van der Waals surface area contributed by atoms with Crippen LogP contribution in [0.5, 0.6) is 0 Å². The molecule has 0 atom stereocenters. The van der Waals surface area contributed by atoms with Crippen LogP contribution in [0.2, 0.25) is 0 Å². The Morgan fingerprint density at radius 3 is 2.56 bits per heavy atom. The zero-order chi connectivity index (χ0) is 12.2. The molecule has 1 aromatic heterocycles. The molecule has 0 fully saturated rings. The van der Waals surface area contributed by atoms with E-state index >= 15 is 0 Å². The molecule has 0 saturated heterocycles. The van der Waals surface area contributed by atoms with Crippen LogP contribution in [0.15, 0.2) is 12.1 Å². The highest BCUT2D eigenvalue weighted by Crippen LogP contribution is 2.10. The number of terminal acetylenes is 1. The molecule has 0 aromatic carbocycles. The lowest BCUT2D eigenvalue weighted by molar-refractivity contribution is 0.0957. The number of nitrogens with one attached hydrogen (secondary N) is 2. The second-order valence-electron chi connectivity index (χ2n) is 3.78. The number of hydrogen-bond acceptors (Lipinski definition) is 4. The average Bonchev–Trinajstić information content (AvgIpc) is 2.28. The van der Waals surface area contributed by atoms with Crippen LogP contribution in [0.25, 0.3) is 0 Å². The minimum Gasteiger partial charge on any atom is -0.354 e. The zero-order valence-electron chi connectivity index (χ0n) is 9.53. The Balaban J connectivity index is 2.81. The lowest BCUT2D eigenvalue weighted by Gasteiger charge is -2.19. The molecule has 0 aliphatic carbocycles. The Hall–Kier alpha value is -2.09. The van der Waals surface area contributed by atoms with Crippen molar-refractivity contribution in [2.75, 3.05) is 12.4 Å². The van der Waals surface area contributed by atoms with Gasteiger partial charge in [0.25, 0.3) is 5.91 Å². The summed E-state index contributed by atoms with van der Waals surface area (Å²) in [5.41, 5.74) is -0.227. The van der Waals surface area contributed by atoms with Gasteiger partial charge < -0.3 is 10.6 Å². The maximum absolute atomic E-state index is 11.2. The van der Waals surface area contributed by atoms with Gasteiger partial charge in [-0.3, -0.25) is 4.79 Å². The van der Waals surface area contributed by atoms with Gasteiger partial charge in [-0.1, -0.05) is 5.92 Å². The molecule has 0 aliphatic heterocycles. The molecule has 5 heteroatoms. The summed E-state index contributed by atoms with van der Waals surface area (Å²) in [4.78, 5) is 11.2. The van der Waals surface area contributed by atoms with Gasteiger partial charge in [-0.25, -0.2) is 0 Å². The third-order valence-electron chi connectivity index (χ3n) is 1.93. The molecule has 1 rings (SSSR count). The van der Waals surface area contributed by atoms with Gasteiger partial charge in [-0.15, -0.1) is 16.6 Å². The summed E-state index contributed by atoms with van der Waals surface area (Å²) >= 11 is 0. The fourth-order valence-electron chi connectivity index (χ4n) is 1.00. The highest BCUT2D eigenvalue weighted by atomic mass is 16.1. The van der Waals surface area contributed by atoms with Crippen LogP contribution in [0, 0.1) is 12.3 Å². The largest absolute Gasteiger partial charge is 0.354 e. The normalized spacial score (nSPS) is 10.4. The second-order valence-corrected chi connectivity index (χ2v) is 3.78. The lowest BCUT2D eigenvalue weighted by Crippen LogP contribution is -2.29. The fourth-order valence-corrected chi connectivity index (χ4v) is 1.00. The van der Waals surface area contributed by atoms with E-state index in [1.807, 2.05) is 13.8 Å². The molecule has 0 radical (unpaired) electrons. The van der Waals surface area contributed by atoms with Crippen LogP contribution in [-0.2, 0) is 0 Å². The third kappa shape index (κ3) is 2.95. The van der Waals surface area contributed by atoms with Crippen LogP contribution < -0.4 is 10.6 Å². The highest BCUT2D eigenvalue weighted by Gasteiger charge is 2.14. The van der Waals surface area contributed by atoms with Crippen LogP contribution in [-0.4, -0.2) is 28.7 Å². The summed E-state index contributed by atoms with van der Waals surface area (Å²) in [5.74, 6) is 2.85. The second kappa shape index (κ2) is 4.62. The predicted molar refractivity (Wildman–Crippen MR) is 62.0 cm³/mol. The highest BCUT2D eigenvalue weighted by molar-refractivity contribution is 5.91. The van der Waals surface area contributed by atoms with E-state index in [0.717, 1.165) is 0 Å². The van der Waals surface area contributed by atoms with Gasteiger partial charge in [0.15, 0.2) is 5.69 Å².